The highest BCUT2D eigenvalue weighted by molar-refractivity contribution is 6.01. The van der Waals surface area contributed by atoms with Gasteiger partial charge < -0.3 is 9.88 Å². The number of nitrogens with zero attached hydrogens (tertiary/aromatic N) is 2. The van der Waals surface area contributed by atoms with Crippen LogP contribution < -0.4 is 0 Å². The van der Waals surface area contributed by atoms with Crippen molar-refractivity contribution in [1.29, 1.82) is 0 Å². The quantitative estimate of drug-likeness (QED) is 0.887. The van der Waals surface area contributed by atoms with Crippen molar-refractivity contribution in [2.45, 2.75) is 51.5 Å². The van der Waals surface area contributed by atoms with Crippen molar-refractivity contribution in [2.24, 2.45) is 11.8 Å². The van der Waals surface area contributed by atoms with Crippen molar-refractivity contribution in [1.82, 2.24) is 14.8 Å². The van der Waals surface area contributed by atoms with Crippen molar-refractivity contribution in [2.75, 3.05) is 26.2 Å². The Morgan fingerprint density at radius 2 is 1.96 bits per heavy atom. The van der Waals surface area contributed by atoms with E-state index in [0.29, 0.717) is 12.0 Å². The first-order chi connectivity index (χ1) is 13.2. The molecule has 4 heteroatoms. The van der Waals surface area contributed by atoms with E-state index in [1.54, 1.807) is 0 Å². The number of amides is 1. The van der Waals surface area contributed by atoms with Gasteiger partial charge in [0, 0.05) is 43.1 Å². The maximum absolute atomic E-state index is 13.5. The highest BCUT2D eigenvalue weighted by Crippen LogP contribution is 2.34. The summed E-state index contributed by atoms with van der Waals surface area (Å²) in [5.41, 5.74) is 3.09. The molecular weight excluding hydrogens is 334 g/mol. The van der Waals surface area contributed by atoms with Crippen LogP contribution in [0.1, 0.15) is 55.1 Å². The maximum atomic E-state index is 13.5. The van der Waals surface area contributed by atoms with Crippen LogP contribution in [0.3, 0.4) is 0 Å². The number of aryl methyl sites for hydroxylation is 1. The molecule has 4 fully saturated rings. The highest BCUT2D eigenvalue weighted by Gasteiger charge is 2.38. The van der Waals surface area contributed by atoms with E-state index in [9.17, 15) is 4.79 Å². The van der Waals surface area contributed by atoms with Gasteiger partial charge in [-0.1, -0.05) is 31.5 Å². The van der Waals surface area contributed by atoms with Crippen LogP contribution in [-0.2, 0) is 6.42 Å². The molecule has 1 aliphatic carbocycles. The van der Waals surface area contributed by atoms with Gasteiger partial charge in [-0.3, -0.25) is 9.69 Å². The normalized spacial score (nSPS) is 26.3. The van der Waals surface area contributed by atoms with Gasteiger partial charge in [-0.05, 0) is 55.6 Å². The van der Waals surface area contributed by atoms with Gasteiger partial charge in [0.25, 0.3) is 5.91 Å². The minimum atomic E-state index is 0.213. The molecule has 0 spiro atoms. The molecule has 3 aliphatic heterocycles. The first kappa shape index (κ1) is 17.3. The largest absolute Gasteiger partial charge is 0.350 e. The van der Waals surface area contributed by atoms with Gasteiger partial charge in [0.2, 0.25) is 0 Å². The van der Waals surface area contributed by atoms with E-state index in [4.69, 9.17) is 0 Å². The molecule has 1 saturated carbocycles. The maximum Gasteiger partial charge on any atom is 0.270 e. The minimum absolute atomic E-state index is 0.213. The fourth-order valence-corrected chi connectivity index (χ4v) is 5.48. The molecule has 27 heavy (non-hydrogen) atoms. The third-order valence-electron chi connectivity index (χ3n) is 7.21. The van der Waals surface area contributed by atoms with E-state index >= 15 is 0 Å². The van der Waals surface area contributed by atoms with E-state index < -0.39 is 0 Å². The number of aromatic amines is 1. The molecule has 3 saturated heterocycles. The molecule has 2 bridgehead atoms. The Bertz CT molecular complexity index is 837. The lowest BCUT2D eigenvalue weighted by Gasteiger charge is -2.40. The summed E-state index contributed by atoms with van der Waals surface area (Å²) in [7, 11) is 0. The van der Waals surface area contributed by atoms with Gasteiger partial charge in [-0.25, -0.2) is 0 Å². The van der Waals surface area contributed by atoms with Crippen molar-refractivity contribution >= 4 is 16.8 Å². The zero-order valence-electron chi connectivity index (χ0n) is 16.4. The number of nitrogens with one attached hydrogen (secondary N) is 1. The summed E-state index contributed by atoms with van der Waals surface area (Å²) in [4.78, 5) is 21.8. The predicted molar refractivity (Wildman–Crippen MR) is 109 cm³/mol. The molecule has 4 aliphatic rings. The van der Waals surface area contributed by atoms with Crippen LogP contribution in [0.2, 0.25) is 0 Å². The first-order valence-corrected chi connectivity index (χ1v) is 10.9. The van der Waals surface area contributed by atoms with Crippen LogP contribution in [-0.4, -0.2) is 52.9 Å². The predicted octanol–water partition coefficient (Wildman–Crippen LogP) is 4.07. The molecule has 4 heterocycles. The average Bonchev–Trinajstić information content (AvgIpc) is 2.78. The Kier molecular flexibility index (Phi) is 4.47. The molecule has 2 atom stereocenters. The number of hydrogen-bond acceptors (Lipinski definition) is 2. The van der Waals surface area contributed by atoms with Gasteiger partial charge in [-0.2, -0.15) is 0 Å². The molecule has 0 unspecified atom stereocenters. The number of carbonyl (C=O) groups excluding carboxylic acids is 1. The zero-order valence-corrected chi connectivity index (χ0v) is 16.4. The first-order valence-electron chi connectivity index (χ1n) is 10.9. The molecule has 4 nitrogen and oxygen atoms in total. The Hall–Kier alpha value is -1.81. The molecule has 1 aromatic carbocycles. The van der Waals surface area contributed by atoms with E-state index in [0.717, 1.165) is 36.6 Å². The average molecular weight is 366 g/mol. The summed E-state index contributed by atoms with van der Waals surface area (Å²) in [6.45, 7) is 6.43. The Morgan fingerprint density at radius 1 is 1.11 bits per heavy atom. The highest BCUT2D eigenvalue weighted by atomic mass is 16.2. The summed E-state index contributed by atoms with van der Waals surface area (Å²) in [6.07, 6.45) is 7.66. The smallest absolute Gasteiger partial charge is 0.270 e. The third kappa shape index (κ3) is 3.08. The van der Waals surface area contributed by atoms with E-state index in [-0.39, 0.29) is 5.91 Å². The Balaban J connectivity index is 1.39. The fourth-order valence-electron chi connectivity index (χ4n) is 5.48. The second kappa shape index (κ2) is 6.97. The van der Waals surface area contributed by atoms with Crippen molar-refractivity contribution in [3.05, 3.63) is 35.5 Å². The number of hydrogen-bond donors (Lipinski definition) is 1. The van der Waals surface area contributed by atoms with Crippen molar-refractivity contribution in [3.8, 4) is 0 Å². The number of para-hydroxylation sites is 1. The number of benzene rings is 1. The number of carbonyl (C=O) groups is 1. The van der Waals surface area contributed by atoms with Gasteiger partial charge in [0.1, 0.15) is 5.69 Å². The van der Waals surface area contributed by atoms with Crippen LogP contribution in [0.15, 0.2) is 24.3 Å². The van der Waals surface area contributed by atoms with E-state index in [1.807, 2.05) is 6.07 Å². The molecular formula is C23H31N3O. The fraction of sp³-hybridized carbons (Fsp3) is 0.609. The summed E-state index contributed by atoms with van der Waals surface area (Å²) in [6, 6.07) is 8.87. The summed E-state index contributed by atoms with van der Waals surface area (Å²) in [5, 5.41) is 1.20. The Morgan fingerprint density at radius 3 is 2.74 bits per heavy atom. The molecule has 6 rings (SSSR count). The zero-order chi connectivity index (χ0) is 18.4. The minimum Gasteiger partial charge on any atom is -0.350 e. The molecule has 0 radical (unpaired) electrons. The third-order valence-corrected chi connectivity index (χ3v) is 7.21. The number of H-pyrrole nitrogens is 1. The van der Waals surface area contributed by atoms with Crippen molar-refractivity contribution < 1.29 is 4.79 Å². The lowest BCUT2D eigenvalue weighted by molar-refractivity contribution is 0.0712. The molecule has 1 aromatic heterocycles. The van der Waals surface area contributed by atoms with E-state index in [2.05, 4.69) is 39.9 Å². The van der Waals surface area contributed by atoms with E-state index in [1.165, 1.54) is 56.1 Å². The Labute approximate surface area is 161 Å². The SMILES string of the molecule is CCc1c(C(=O)N2C[C@H]3CC[C@@H](C2)N(CC2CCC2)C3)[nH]c2ccccc12. The van der Waals surface area contributed by atoms with Crippen LogP contribution in [0.25, 0.3) is 10.9 Å². The van der Waals surface area contributed by atoms with Crippen molar-refractivity contribution in [3.63, 3.8) is 0 Å². The second-order valence-corrected chi connectivity index (χ2v) is 8.94. The molecule has 2 aromatic rings. The number of aromatic nitrogens is 1. The molecule has 144 valence electrons. The monoisotopic (exact) mass is 365 g/mol. The lowest BCUT2D eigenvalue weighted by atomic mass is 9.83. The summed E-state index contributed by atoms with van der Waals surface area (Å²) >= 11 is 0. The van der Waals surface area contributed by atoms with Gasteiger partial charge in [0.05, 0.1) is 0 Å². The molecule has 1 N–H and O–H groups in total. The topological polar surface area (TPSA) is 39.3 Å². The number of piperidine rings is 1. The summed E-state index contributed by atoms with van der Waals surface area (Å²) < 4.78 is 0. The van der Waals surface area contributed by atoms with Crippen LogP contribution >= 0.6 is 0 Å². The summed E-state index contributed by atoms with van der Waals surface area (Å²) in [5.74, 6) is 1.77. The van der Waals surface area contributed by atoms with Crippen LogP contribution in [0.5, 0.6) is 0 Å². The second-order valence-electron chi connectivity index (χ2n) is 8.94. The van der Waals surface area contributed by atoms with Gasteiger partial charge in [-0.15, -0.1) is 0 Å². The number of rotatable bonds is 4. The molecule has 1 amide bonds. The van der Waals surface area contributed by atoms with Gasteiger partial charge >= 0.3 is 0 Å². The number of fused-ring (bicyclic) bond motifs is 5. The van der Waals surface area contributed by atoms with Crippen LogP contribution in [0.4, 0.5) is 0 Å². The van der Waals surface area contributed by atoms with Gasteiger partial charge in [0.15, 0.2) is 0 Å². The lowest BCUT2D eigenvalue weighted by Crippen LogP contribution is -2.47. The standard InChI is InChI=1S/C23H31N3O/c1-2-19-20-8-3-4-9-21(20)24-22(19)23(27)26-14-17-10-11-18(15-26)25(13-17)12-16-6-5-7-16/h3-4,8-9,16-18,24H,2,5-7,10-15H2,1H3/t17-,18-/m0/s1. The van der Waals surface area contributed by atoms with Crippen LogP contribution in [0, 0.1) is 11.8 Å².